The smallest absolute Gasteiger partial charge is 0.171 e. The fourth-order valence-electron chi connectivity index (χ4n) is 1.78. The van der Waals surface area contributed by atoms with Gasteiger partial charge in [0, 0.05) is 5.56 Å². The van der Waals surface area contributed by atoms with Crippen molar-refractivity contribution in [3.63, 3.8) is 0 Å². The van der Waals surface area contributed by atoms with Crippen LogP contribution in [0.2, 0.25) is 0 Å². The summed E-state index contributed by atoms with van der Waals surface area (Å²) >= 11 is 0. The van der Waals surface area contributed by atoms with E-state index in [0.717, 1.165) is 0 Å². The van der Waals surface area contributed by atoms with Crippen LogP contribution in [0.1, 0.15) is 10.4 Å². The SMILES string of the molecule is COc1cccc(C(=O)[C@H]2COC[C@H]2O)c1. The minimum atomic E-state index is -0.696. The molecule has 1 aromatic carbocycles. The van der Waals surface area contributed by atoms with Crippen LogP contribution in [0, 0.1) is 5.92 Å². The molecule has 0 aliphatic carbocycles. The zero-order chi connectivity index (χ0) is 11.5. The predicted molar refractivity (Wildman–Crippen MR) is 57.6 cm³/mol. The van der Waals surface area contributed by atoms with Gasteiger partial charge in [-0.2, -0.15) is 0 Å². The van der Waals surface area contributed by atoms with Crippen molar-refractivity contribution in [2.75, 3.05) is 20.3 Å². The van der Waals surface area contributed by atoms with Gasteiger partial charge in [0.2, 0.25) is 0 Å². The number of aliphatic hydroxyl groups excluding tert-OH is 1. The first-order chi connectivity index (χ1) is 7.72. The zero-order valence-electron chi connectivity index (χ0n) is 9.05. The molecule has 0 spiro atoms. The number of carbonyl (C=O) groups is 1. The molecule has 16 heavy (non-hydrogen) atoms. The van der Waals surface area contributed by atoms with Crippen LogP contribution in [-0.4, -0.2) is 37.3 Å². The summed E-state index contributed by atoms with van der Waals surface area (Å²) in [6, 6.07) is 6.93. The first-order valence-corrected chi connectivity index (χ1v) is 5.16. The van der Waals surface area contributed by atoms with E-state index in [1.165, 1.54) is 0 Å². The molecule has 0 aromatic heterocycles. The van der Waals surface area contributed by atoms with Crippen LogP contribution < -0.4 is 4.74 Å². The lowest BCUT2D eigenvalue weighted by atomic mass is 9.95. The van der Waals surface area contributed by atoms with Gasteiger partial charge in [-0.3, -0.25) is 4.79 Å². The standard InChI is InChI=1S/C12H14O4/c1-15-9-4-2-3-8(5-9)12(14)10-6-16-7-11(10)13/h2-5,10-11,13H,6-7H2,1H3/t10-,11+/m0/s1. The van der Waals surface area contributed by atoms with E-state index in [2.05, 4.69) is 0 Å². The molecule has 0 saturated carbocycles. The second-order valence-electron chi connectivity index (χ2n) is 3.81. The number of hydrogen-bond donors (Lipinski definition) is 1. The van der Waals surface area contributed by atoms with E-state index >= 15 is 0 Å². The van der Waals surface area contributed by atoms with Crippen molar-refractivity contribution in [2.45, 2.75) is 6.10 Å². The summed E-state index contributed by atoms with van der Waals surface area (Å²) in [4.78, 5) is 12.0. The molecule has 1 aliphatic heterocycles. The highest BCUT2D eigenvalue weighted by atomic mass is 16.5. The molecule has 1 saturated heterocycles. The molecule has 4 heteroatoms. The maximum atomic E-state index is 12.0. The normalized spacial score (nSPS) is 24.4. The summed E-state index contributed by atoms with van der Waals surface area (Å²) < 4.78 is 10.1. The molecule has 1 aliphatic rings. The number of hydrogen-bond acceptors (Lipinski definition) is 4. The van der Waals surface area contributed by atoms with Crippen molar-refractivity contribution >= 4 is 5.78 Å². The Morgan fingerprint density at radius 3 is 2.94 bits per heavy atom. The third-order valence-electron chi connectivity index (χ3n) is 2.74. The van der Waals surface area contributed by atoms with Gasteiger partial charge in [0.05, 0.1) is 32.3 Å². The number of benzene rings is 1. The van der Waals surface area contributed by atoms with Crippen LogP contribution in [0.4, 0.5) is 0 Å². The van der Waals surface area contributed by atoms with Crippen molar-refractivity contribution < 1.29 is 19.4 Å². The number of ketones is 1. The summed E-state index contributed by atoms with van der Waals surface area (Å²) in [7, 11) is 1.55. The maximum Gasteiger partial charge on any atom is 0.171 e. The van der Waals surface area contributed by atoms with Crippen molar-refractivity contribution in [1.82, 2.24) is 0 Å². The van der Waals surface area contributed by atoms with Gasteiger partial charge in [-0.1, -0.05) is 12.1 Å². The van der Waals surface area contributed by atoms with Crippen molar-refractivity contribution in [3.8, 4) is 5.75 Å². The van der Waals surface area contributed by atoms with E-state index in [1.807, 2.05) is 0 Å². The number of aliphatic hydroxyl groups is 1. The van der Waals surface area contributed by atoms with Crippen LogP contribution in [0.15, 0.2) is 24.3 Å². The van der Waals surface area contributed by atoms with Gasteiger partial charge in [-0.25, -0.2) is 0 Å². The topological polar surface area (TPSA) is 55.8 Å². The van der Waals surface area contributed by atoms with Gasteiger partial charge in [-0.05, 0) is 12.1 Å². The molecule has 0 amide bonds. The largest absolute Gasteiger partial charge is 0.497 e. The van der Waals surface area contributed by atoms with E-state index in [4.69, 9.17) is 9.47 Å². The molecule has 0 radical (unpaired) electrons. The summed E-state index contributed by atoms with van der Waals surface area (Å²) in [6.45, 7) is 0.525. The minimum Gasteiger partial charge on any atom is -0.497 e. The van der Waals surface area contributed by atoms with Crippen LogP contribution in [0.3, 0.4) is 0 Å². The summed E-state index contributed by atoms with van der Waals surface area (Å²) in [6.07, 6.45) is -0.696. The van der Waals surface area contributed by atoms with Crippen LogP contribution in [0.5, 0.6) is 5.75 Å². The molecule has 0 bridgehead atoms. The highest BCUT2D eigenvalue weighted by molar-refractivity contribution is 5.98. The molecule has 1 heterocycles. The van der Waals surface area contributed by atoms with Crippen LogP contribution in [-0.2, 0) is 4.74 Å². The summed E-state index contributed by atoms with van der Waals surface area (Å²) in [5.74, 6) is 0.0928. The van der Waals surface area contributed by atoms with Gasteiger partial charge in [-0.15, -0.1) is 0 Å². The Balaban J connectivity index is 2.19. The fraction of sp³-hybridized carbons (Fsp3) is 0.417. The minimum absolute atomic E-state index is 0.0936. The van der Waals surface area contributed by atoms with Gasteiger partial charge in [0.1, 0.15) is 5.75 Å². The Morgan fingerprint density at radius 2 is 2.31 bits per heavy atom. The van der Waals surface area contributed by atoms with E-state index < -0.39 is 12.0 Å². The Hall–Kier alpha value is -1.39. The quantitative estimate of drug-likeness (QED) is 0.771. The second kappa shape index (κ2) is 4.63. The van der Waals surface area contributed by atoms with E-state index in [0.29, 0.717) is 11.3 Å². The first kappa shape index (κ1) is 11.1. The molecule has 2 atom stereocenters. The van der Waals surface area contributed by atoms with Crippen molar-refractivity contribution in [1.29, 1.82) is 0 Å². The van der Waals surface area contributed by atoms with Gasteiger partial charge in [0.25, 0.3) is 0 Å². The number of rotatable bonds is 3. The van der Waals surface area contributed by atoms with E-state index in [9.17, 15) is 9.90 Å². The highest BCUT2D eigenvalue weighted by Crippen LogP contribution is 2.21. The second-order valence-corrected chi connectivity index (χ2v) is 3.81. The predicted octanol–water partition coefficient (Wildman–Crippen LogP) is 0.885. The van der Waals surface area contributed by atoms with E-state index in [1.54, 1.807) is 31.4 Å². The number of Topliss-reactive ketones (excluding diaryl/α,β-unsaturated/α-hetero) is 1. The monoisotopic (exact) mass is 222 g/mol. The van der Waals surface area contributed by atoms with Gasteiger partial charge in [0.15, 0.2) is 5.78 Å². The fourth-order valence-corrected chi connectivity index (χ4v) is 1.78. The first-order valence-electron chi connectivity index (χ1n) is 5.16. The molecule has 4 nitrogen and oxygen atoms in total. The van der Waals surface area contributed by atoms with Gasteiger partial charge < -0.3 is 14.6 Å². The third-order valence-corrected chi connectivity index (χ3v) is 2.74. The molecule has 2 rings (SSSR count). The van der Waals surface area contributed by atoms with E-state index in [-0.39, 0.29) is 19.0 Å². The third kappa shape index (κ3) is 2.08. The number of carbonyl (C=O) groups excluding carboxylic acids is 1. The van der Waals surface area contributed by atoms with Gasteiger partial charge >= 0.3 is 0 Å². The molecule has 1 fully saturated rings. The summed E-state index contributed by atoms with van der Waals surface area (Å²) in [5.41, 5.74) is 0.550. The number of ether oxygens (including phenoxy) is 2. The highest BCUT2D eigenvalue weighted by Gasteiger charge is 2.33. The Labute approximate surface area is 93.8 Å². The Morgan fingerprint density at radius 1 is 1.50 bits per heavy atom. The zero-order valence-corrected chi connectivity index (χ0v) is 9.05. The van der Waals surface area contributed by atoms with Crippen molar-refractivity contribution in [2.24, 2.45) is 5.92 Å². The van der Waals surface area contributed by atoms with Crippen molar-refractivity contribution in [3.05, 3.63) is 29.8 Å². The molecule has 1 aromatic rings. The lowest BCUT2D eigenvalue weighted by molar-refractivity contribution is 0.0790. The number of methoxy groups -OCH3 is 1. The lowest BCUT2D eigenvalue weighted by Crippen LogP contribution is -2.26. The van der Waals surface area contributed by atoms with Crippen LogP contribution >= 0.6 is 0 Å². The Bertz CT molecular complexity index is 388. The average Bonchev–Trinajstić information content (AvgIpc) is 2.74. The lowest BCUT2D eigenvalue weighted by Gasteiger charge is -2.11. The van der Waals surface area contributed by atoms with Crippen LogP contribution in [0.25, 0.3) is 0 Å². The molecule has 0 unspecified atom stereocenters. The molecule has 1 N–H and O–H groups in total. The maximum absolute atomic E-state index is 12.0. The summed E-state index contributed by atoms with van der Waals surface area (Å²) in [5, 5.41) is 9.57. The Kier molecular flexibility index (Phi) is 3.22. The average molecular weight is 222 g/mol. The molecule has 86 valence electrons. The molecular formula is C12H14O4. The molecular weight excluding hydrogens is 208 g/mol.